The molecule has 0 saturated heterocycles. The number of amides is 1. The van der Waals surface area contributed by atoms with Crippen LogP contribution in [0.3, 0.4) is 0 Å². The summed E-state index contributed by atoms with van der Waals surface area (Å²) in [6.45, 7) is -0.198. The number of nitrogens with one attached hydrogen (secondary N) is 1. The maximum absolute atomic E-state index is 11.9. The van der Waals surface area contributed by atoms with Crippen LogP contribution < -0.4 is 5.32 Å². The SMILES string of the molecule is O=C(O)C(CCCNC(=O)C(F)(F)F)Cc1ccccc1. The van der Waals surface area contributed by atoms with Crippen LogP contribution >= 0.6 is 0 Å². The second kappa shape index (κ2) is 7.66. The molecule has 7 heteroatoms. The zero-order chi connectivity index (χ0) is 15.9. The summed E-state index contributed by atoms with van der Waals surface area (Å²) in [5, 5.41) is 10.8. The number of benzene rings is 1. The standard InChI is InChI=1S/C14H16F3NO3/c15-14(16,17)13(21)18-8-4-7-11(12(19)20)9-10-5-2-1-3-6-10/h1-3,5-6,11H,4,7-9H2,(H,18,21)(H,19,20). The van der Waals surface area contributed by atoms with E-state index in [0.29, 0.717) is 6.42 Å². The van der Waals surface area contributed by atoms with Crippen LogP contribution in [0.2, 0.25) is 0 Å². The first-order chi connectivity index (χ1) is 9.80. The third-order valence-electron chi connectivity index (χ3n) is 2.95. The van der Waals surface area contributed by atoms with Crippen molar-refractivity contribution in [3.8, 4) is 0 Å². The number of carboxylic acids is 1. The first-order valence-corrected chi connectivity index (χ1v) is 6.42. The van der Waals surface area contributed by atoms with E-state index in [1.807, 2.05) is 6.07 Å². The molecule has 4 nitrogen and oxygen atoms in total. The van der Waals surface area contributed by atoms with Crippen molar-refractivity contribution in [1.82, 2.24) is 5.32 Å². The van der Waals surface area contributed by atoms with Crippen molar-refractivity contribution >= 4 is 11.9 Å². The molecule has 1 unspecified atom stereocenters. The van der Waals surface area contributed by atoms with Gasteiger partial charge in [0.2, 0.25) is 0 Å². The molecule has 0 bridgehead atoms. The number of alkyl halides is 3. The van der Waals surface area contributed by atoms with Crippen LogP contribution in [0.4, 0.5) is 13.2 Å². The van der Waals surface area contributed by atoms with E-state index in [0.717, 1.165) is 5.56 Å². The van der Waals surface area contributed by atoms with E-state index in [1.165, 1.54) is 0 Å². The molecule has 1 aromatic carbocycles. The fraction of sp³-hybridized carbons (Fsp3) is 0.429. The highest BCUT2D eigenvalue weighted by Crippen LogP contribution is 2.16. The Balaban J connectivity index is 2.39. The van der Waals surface area contributed by atoms with E-state index in [-0.39, 0.29) is 19.4 Å². The Morgan fingerprint density at radius 3 is 2.33 bits per heavy atom. The van der Waals surface area contributed by atoms with Crippen molar-refractivity contribution in [2.45, 2.75) is 25.4 Å². The monoisotopic (exact) mass is 303 g/mol. The second-order valence-electron chi connectivity index (χ2n) is 4.62. The first kappa shape index (κ1) is 17.0. The molecule has 0 spiro atoms. The third kappa shape index (κ3) is 6.29. The summed E-state index contributed by atoms with van der Waals surface area (Å²) in [6, 6.07) is 8.98. The summed E-state index contributed by atoms with van der Waals surface area (Å²) in [7, 11) is 0. The van der Waals surface area contributed by atoms with Gasteiger partial charge < -0.3 is 10.4 Å². The fourth-order valence-electron chi connectivity index (χ4n) is 1.86. The fourth-order valence-corrected chi connectivity index (χ4v) is 1.86. The van der Waals surface area contributed by atoms with Crippen molar-refractivity contribution in [1.29, 1.82) is 0 Å². The molecule has 0 radical (unpaired) electrons. The van der Waals surface area contributed by atoms with Gasteiger partial charge in [-0.3, -0.25) is 9.59 Å². The highest BCUT2D eigenvalue weighted by molar-refractivity contribution is 5.81. The minimum absolute atomic E-state index is 0.172. The molecule has 21 heavy (non-hydrogen) atoms. The lowest BCUT2D eigenvalue weighted by atomic mass is 9.95. The van der Waals surface area contributed by atoms with Crippen molar-refractivity contribution in [2.24, 2.45) is 5.92 Å². The van der Waals surface area contributed by atoms with Crippen LogP contribution in [0.5, 0.6) is 0 Å². The van der Waals surface area contributed by atoms with Crippen LogP contribution in [0, 0.1) is 5.92 Å². The van der Waals surface area contributed by atoms with Crippen LogP contribution in [-0.4, -0.2) is 29.7 Å². The number of hydrogen-bond donors (Lipinski definition) is 2. The van der Waals surface area contributed by atoms with Crippen molar-refractivity contribution < 1.29 is 27.9 Å². The molecule has 0 heterocycles. The normalized spacial score (nSPS) is 12.7. The molecule has 0 aliphatic heterocycles. The van der Waals surface area contributed by atoms with Gasteiger partial charge in [-0.1, -0.05) is 30.3 Å². The zero-order valence-corrected chi connectivity index (χ0v) is 11.2. The molecule has 0 aliphatic carbocycles. The average molecular weight is 303 g/mol. The number of carbonyl (C=O) groups excluding carboxylic acids is 1. The first-order valence-electron chi connectivity index (χ1n) is 6.42. The van der Waals surface area contributed by atoms with Gasteiger partial charge in [-0.05, 0) is 24.8 Å². The van der Waals surface area contributed by atoms with E-state index in [1.54, 1.807) is 29.6 Å². The Kier molecular flexibility index (Phi) is 6.20. The van der Waals surface area contributed by atoms with Crippen molar-refractivity contribution in [2.75, 3.05) is 6.54 Å². The van der Waals surface area contributed by atoms with Crippen molar-refractivity contribution in [3.05, 3.63) is 35.9 Å². The Hall–Kier alpha value is -2.05. The van der Waals surface area contributed by atoms with E-state index >= 15 is 0 Å². The molecular weight excluding hydrogens is 287 g/mol. The number of rotatable bonds is 7. The van der Waals surface area contributed by atoms with Gasteiger partial charge in [-0.2, -0.15) is 13.2 Å². The lowest BCUT2D eigenvalue weighted by Gasteiger charge is -2.13. The molecule has 0 aliphatic rings. The van der Waals surface area contributed by atoms with Crippen molar-refractivity contribution in [3.63, 3.8) is 0 Å². The summed E-state index contributed by atoms with van der Waals surface area (Å²) in [6.07, 6.45) is -4.23. The van der Waals surface area contributed by atoms with E-state index in [4.69, 9.17) is 5.11 Å². The maximum atomic E-state index is 11.9. The van der Waals surface area contributed by atoms with Crippen LogP contribution in [0.1, 0.15) is 18.4 Å². The second-order valence-corrected chi connectivity index (χ2v) is 4.62. The summed E-state index contributed by atoms with van der Waals surface area (Å²) in [5.74, 6) is -3.69. The highest BCUT2D eigenvalue weighted by atomic mass is 19.4. The van der Waals surface area contributed by atoms with Gasteiger partial charge in [0, 0.05) is 6.54 Å². The summed E-state index contributed by atoms with van der Waals surface area (Å²) in [4.78, 5) is 21.7. The van der Waals surface area contributed by atoms with Crippen LogP contribution in [0.25, 0.3) is 0 Å². The zero-order valence-electron chi connectivity index (χ0n) is 11.2. The van der Waals surface area contributed by atoms with E-state index in [2.05, 4.69) is 0 Å². The number of hydrogen-bond acceptors (Lipinski definition) is 2. The quantitative estimate of drug-likeness (QED) is 0.760. The molecule has 1 aromatic rings. The van der Waals surface area contributed by atoms with Gasteiger partial charge in [-0.25, -0.2) is 0 Å². The largest absolute Gasteiger partial charge is 0.481 e. The van der Waals surface area contributed by atoms with E-state index in [9.17, 15) is 22.8 Å². The summed E-state index contributed by atoms with van der Waals surface area (Å²) < 4.78 is 35.8. The lowest BCUT2D eigenvalue weighted by Crippen LogP contribution is -2.37. The molecule has 1 rings (SSSR count). The predicted octanol–water partition coefficient (Wildman–Crippen LogP) is 2.39. The smallest absolute Gasteiger partial charge is 0.471 e. The van der Waals surface area contributed by atoms with E-state index < -0.39 is 24.0 Å². The summed E-state index contributed by atoms with van der Waals surface area (Å²) in [5.41, 5.74) is 0.851. The molecule has 0 fully saturated rings. The van der Waals surface area contributed by atoms with Gasteiger partial charge >= 0.3 is 18.1 Å². The Morgan fingerprint density at radius 2 is 1.81 bits per heavy atom. The Bertz CT molecular complexity index is 474. The number of halogens is 3. The Labute approximate surface area is 120 Å². The minimum Gasteiger partial charge on any atom is -0.481 e. The molecule has 116 valence electrons. The molecule has 0 aromatic heterocycles. The highest BCUT2D eigenvalue weighted by Gasteiger charge is 2.38. The average Bonchev–Trinajstić information content (AvgIpc) is 2.41. The maximum Gasteiger partial charge on any atom is 0.471 e. The molecule has 1 atom stereocenters. The van der Waals surface area contributed by atoms with Gasteiger partial charge in [0.15, 0.2) is 0 Å². The van der Waals surface area contributed by atoms with Crippen LogP contribution in [-0.2, 0) is 16.0 Å². The third-order valence-corrected chi connectivity index (χ3v) is 2.95. The Morgan fingerprint density at radius 1 is 1.19 bits per heavy atom. The molecule has 0 saturated carbocycles. The number of aliphatic carboxylic acids is 1. The van der Waals surface area contributed by atoms with Gasteiger partial charge in [0.05, 0.1) is 5.92 Å². The predicted molar refractivity (Wildman–Crippen MR) is 69.6 cm³/mol. The molecular formula is C14H16F3NO3. The van der Waals surface area contributed by atoms with Gasteiger partial charge in [0.1, 0.15) is 0 Å². The minimum atomic E-state index is -4.91. The van der Waals surface area contributed by atoms with Gasteiger partial charge in [0.25, 0.3) is 0 Å². The summed E-state index contributed by atoms with van der Waals surface area (Å²) >= 11 is 0. The molecule has 1 amide bonds. The number of carboxylic acid groups (broad SMARTS) is 1. The molecule has 2 N–H and O–H groups in total. The number of carbonyl (C=O) groups is 2. The van der Waals surface area contributed by atoms with Crippen LogP contribution in [0.15, 0.2) is 30.3 Å². The van der Waals surface area contributed by atoms with Gasteiger partial charge in [-0.15, -0.1) is 0 Å². The topological polar surface area (TPSA) is 66.4 Å². The lowest BCUT2D eigenvalue weighted by molar-refractivity contribution is -0.173.